The van der Waals surface area contributed by atoms with Gasteiger partial charge in [0.15, 0.2) is 5.96 Å². The first-order valence-electron chi connectivity index (χ1n) is 8.02. The molecule has 1 saturated heterocycles. The molecule has 0 amide bonds. The van der Waals surface area contributed by atoms with E-state index in [9.17, 15) is 0 Å². The van der Waals surface area contributed by atoms with Gasteiger partial charge in [-0.05, 0) is 19.1 Å². The standard InChI is InChI=1S/C16H22N8/c1-13-18-7-4-14(22-13)12-21-15(17-2)23-8-10-24(11-9-23)16-19-5-3-6-20-16/h3-7H,8-12H2,1-2H3,(H,17,21). The smallest absolute Gasteiger partial charge is 0.225 e. The van der Waals surface area contributed by atoms with Crippen LogP contribution in [0.5, 0.6) is 0 Å². The molecule has 0 atom stereocenters. The molecule has 8 heteroatoms. The first kappa shape index (κ1) is 16.1. The van der Waals surface area contributed by atoms with Gasteiger partial charge in [-0.15, -0.1) is 0 Å². The predicted molar refractivity (Wildman–Crippen MR) is 92.8 cm³/mol. The zero-order chi connectivity index (χ0) is 16.8. The highest BCUT2D eigenvalue weighted by Crippen LogP contribution is 2.09. The van der Waals surface area contributed by atoms with E-state index >= 15 is 0 Å². The first-order chi connectivity index (χ1) is 11.8. The third-order valence-electron chi connectivity index (χ3n) is 3.89. The third-order valence-corrected chi connectivity index (χ3v) is 3.89. The number of anilines is 1. The van der Waals surface area contributed by atoms with Crippen molar-refractivity contribution in [3.05, 3.63) is 42.2 Å². The molecule has 0 aromatic carbocycles. The van der Waals surface area contributed by atoms with E-state index < -0.39 is 0 Å². The van der Waals surface area contributed by atoms with E-state index in [1.807, 2.05) is 19.1 Å². The molecule has 1 aliphatic rings. The maximum atomic E-state index is 4.40. The Labute approximate surface area is 141 Å². The summed E-state index contributed by atoms with van der Waals surface area (Å²) in [6.07, 6.45) is 5.33. The number of guanidine groups is 1. The van der Waals surface area contributed by atoms with Crippen LogP contribution in [0.4, 0.5) is 5.95 Å². The SMILES string of the molecule is CN=C(NCc1ccnc(C)n1)N1CCN(c2ncccn2)CC1. The molecule has 126 valence electrons. The fourth-order valence-corrected chi connectivity index (χ4v) is 2.68. The van der Waals surface area contributed by atoms with Gasteiger partial charge in [-0.25, -0.2) is 19.9 Å². The van der Waals surface area contributed by atoms with Crippen molar-refractivity contribution in [1.82, 2.24) is 30.2 Å². The molecule has 0 bridgehead atoms. The van der Waals surface area contributed by atoms with Crippen LogP contribution >= 0.6 is 0 Å². The number of aliphatic imine (C=N–C) groups is 1. The number of aromatic nitrogens is 4. The van der Waals surface area contributed by atoms with Gasteiger partial charge < -0.3 is 15.1 Å². The molecule has 3 rings (SSSR count). The second-order valence-corrected chi connectivity index (χ2v) is 5.52. The lowest BCUT2D eigenvalue weighted by Crippen LogP contribution is -2.52. The van der Waals surface area contributed by atoms with E-state index in [0.29, 0.717) is 6.54 Å². The van der Waals surface area contributed by atoms with Gasteiger partial charge in [0.2, 0.25) is 5.95 Å². The number of piperazine rings is 1. The van der Waals surface area contributed by atoms with E-state index in [2.05, 4.69) is 40.0 Å². The van der Waals surface area contributed by atoms with Crippen LogP contribution < -0.4 is 10.2 Å². The summed E-state index contributed by atoms with van der Waals surface area (Å²) in [5.41, 5.74) is 0.958. The molecule has 24 heavy (non-hydrogen) atoms. The Bertz CT molecular complexity index is 679. The highest BCUT2D eigenvalue weighted by atomic mass is 15.4. The van der Waals surface area contributed by atoms with Crippen molar-refractivity contribution < 1.29 is 0 Å². The summed E-state index contributed by atoms with van der Waals surface area (Å²) in [6.45, 7) is 6.03. The molecular weight excluding hydrogens is 304 g/mol. The second-order valence-electron chi connectivity index (χ2n) is 5.52. The van der Waals surface area contributed by atoms with Gasteiger partial charge >= 0.3 is 0 Å². The van der Waals surface area contributed by atoms with Crippen LogP contribution in [0.15, 0.2) is 35.7 Å². The highest BCUT2D eigenvalue weighted by molar-refractivity contribution is 5.80. The van der Waals surface area contributed by atoms with Crippen LogP contribution in [0.1, 0.15) is 11.5 Å². The molecule has 1 aliphatic heterocycles. The predicted octanol–water partition coefficient (Wildman–Crippen LogP) is 0.473. The topological polar surface area (TPSA) is 82.4 Å². The minimum atomic E-state index is 0.637. The minimum Gasteiger partial charge on any atom is -0.351 e. The van der Waals surface area contributed by atoms with Gasteiger partial charge in [0, 0.05) is 51.8 Å². The van der Waals surface area contributed by atoms with Crippen LogP contribution in [0.25, 0.3) is 0 Å². The number of hydrogen-bond donors (Lipinski definition) is 1. The molecule has 0 spiro atoms. The molecule has 0 radical (unpaired) electrons. The van der Waals surface area contributed by atoms with Gasteiger partial charge in [-0.3, -0.25) is 4.99 Å². The fraction of sp³-hybridized carbons (Fsp3) is 0.438. The molecule has 3 heterocycles. The number of nitrogens with one attached hydrogen (secondary N) is 1. The summed E-state index contributed by atoms with van der Waals surface area (Å²) in [4.78, 5) is 26.0. The van der Waals surface area contributed by atoms with Crippen molar-refractivity contribution in [3.8, 4) is 0 Å². The quantitative estimate of drug-likeness (QED) is 0.648. The monoisotopic (exact) mass is 326 g/mol. The summed E-state index contributed by atoms with van der Waals surface area (Å²) in [6, 6.07) is 3.75. The number of aryl methyl sites for hydroxylation is 1. The van der Waals surface area contributed by atoms with E-state index in [4.69, 9.17) is 0 Å². The lowest BCUT2D eigenvalue weighted by atomic mass is 10.3. The average molecular weight is 326 g/mol. The molecule has 0 saturated carbocycles. The van der Waals surface area contributed by atoms with Crippen molar-refractivity contribution in [2.75, 3.05) is 38.1 Å². The van der Waals surface area contributed by atoms with Crippen molar-refractivity contribution in [2.45, 2.75) is 13.5 Å². The second kappa shape index (κ2) is 7.67. The van der Waals surface area contributed by atoms with E-state index in [1.165, 1.54) is 0 Å². The molecule has 0 aliphatic carbocycles. The van der Waals surface area contributed by atoms with E-state index in [1.54, 1.807) is 25.6 Å². The average Bonchev–Trinajstić information content (AvgIpc) is 2.64. The van der Waals surface area contributed by atoms with Crippen LogP contribution in [0.2, 0.25) is 0 Å². The zero-order valence-corrected chi connectivity index (χ0v) is 14.1. The van der Waals surface area contributed by atoms with Crippen LogP contribution in [-0.2, 0) is 6.54 Å². The Hall–Kier alpha value is -2.77. The normalized spacial score (nSPS) is 15.5. The summed E-state index contributed by atoms with van der Waals surface area (Å²) >= 11 is 0. The van der Waals surface area contributed by atoms with Gasteiger partial charge in [-0.1, -0.05) is 0 Å². The molecule has 1 N–H and O–H groups in total. The maximum Gasteiger partial charge on any atom is 0.225 e. The number of rotatable bonds is 3. The summed E-state index contributed by atoms with van der Waals surface area (Å²) < 4.78 is 0. The molecule has 2 aromatic rings. The molecule has 0 unspecified atom stereocenters. The lowest BCUT2D eigenvalue weighted by Gasteiger charge is -2.36. The highest BCUT2D eigenvalue weighted by Gasteiger charge is 2.20. The Balaban J connectivity index is 1.54. The van der Waals surface area contributed by atoms with Gasteiger partial charge in [0.1, 0.15) is 5.82 Å². The molecule has 8 nitrogen and oxygen atoms in total. The van der Waals surface area contributed by atoms with Crippen LogP contribution in [0.3, 0.4) is 0 Å². The maximum absolute atomic E-state index is 4.40. The van der Waals surface area contributed by atoms with E-state index in [-0.39, 0.29) is 0 Å². The Morgan fingerprint density at radius 1 is 1.12 bits per heavy atom. The van der Waals surface area contributed by atoms with E-state index in [0.717, 1.165) is 49.6 Å². The Morgan fingerprint density at radius 3 is 2.54 bits per heavy atom. The largest absolute Gasteiger partial charge is 0.351 e. The lowest BCUT2D eigenvalue weighted by molar-refractivity contribution is 0.370. The number of nitrogens with zero attached hydrogens (tertiary/aromatic N) is 7. The third kappa shape index (κ3) is 3.95. The zero-order valence-electron chi connectivity index (χ0n) is 14.1. The summed E-state index contributed by atoms with van der Waals surface area (Å²) in [7, 11) is 1.81. The van der Waals surface area contributed by atoms with Gasteiger partial charge in [-0.2, -0.15) is 0 Å². The molecular formula is C16H22N8. The fourth-order valence-electron chi connectivity index (χ4n) is 2.68. The Morgan fingerprint density at radius 2 is 1.88 bits per heavy atom. The van der Waals surface area contributed by atoms with Crippen molar-refractivity contribution in [1.29, 1.82) is 0 Å². The minimum absolute atomic E-state index is 0.637. The van der Waals surface area contributed by atoms with Crippen molar-refractivity contribution in [3.63, 3.8) is 0 Å². The molecule has 1 fully saturated rings. The summed E-state index contributed by atoms with van der Waals surface area (Å²) in [5.74, 6) is 2.46. The number of hydrogen-bond acceptors (Lipinski definition) is 6. The van der Waals surface area contributed by atoms with Crippen LogP contribution in [0, 0.1) is 6.92 Å². The molecule has 2 aromatic heterocycles. The van der Waals surface area contributed by atoms with Gasteiger partial charge in [0.25, 0.3) is 0 Å². The Kier molecular flexibility index (Phi) is 5.15. The summed E-state index contributed by atoms with van der Waals surface area (Å²) in [5, 5.41) is 3.37. The first-order valence-corrected chi connectivity index (χ1v) is 8.02. The van der Waals surface area contributed by atoms with Crippen molar-refractivity contribution in [2.24, 2.45) is 4.99 Å². The van der Waals surface area contributed by atoms with Crippen LogP contribution in [-0.4, -0.2) is 64.0 Å². The van der Waals surface area contributed by atoms with Crippen molar-refractivity contribution >= 4 is 11.9 Å². The van der Waals surface area contributed by atoms with Gasteiger partial charge in [0.05, 0.1) is 12.2 Å².